The van der Waals surface area contributed by atoms with E-state index in [1.165, 1.54) is 0 Å². The molecule has 3 aromatic heterocycles. The highest BCUT2D eigenvalue weighted by Gasteiger charge is 2.28. The number of carbonyl (C=O) groups excluding carboxylic acids is 1. The number of rotatable bonds is 3. The van der Waals surface area contributed by atoms with Crippen molar-refractivity contribution >= 4 is 17.2 Å². The normalized spacial score (nSPS) is 14.3. The van der Waals surface area contributed by atoms with Crippen LogP contribution in [0.5, 0.6) is 0 Å². The van der Waals surface area contributed by atoms with Gasteiger partial charge in [0.25, 0.3) is 5.91 Å². The number of amides is 1. The van der Waals surface area contributed by atoms with Gasteiger partial charge in [0, 0.05) is 44.1 Å². The van der Waals surface area contributed by atoms with Crippen LogP contribution in [0.3, 0.4) is 0 Å². The minimum atomic E-state index is 0.0217. The number of fused-ring (bicyclic) bond motifs is 1. The third-order valence-electron chi connectivity index (χ3n) is 5.36. The Hall–Kier alpha value is -3.67. The molecule has 6 heteroatoms. The molecule has 4 aromatic rings. The molecule has 1 saturated heterocycles. The molecular weight excluding hydrogens is 362 g/mol. The molecule has 0 atom stereocenters. The van der Waals surface area contributed by atoms with Crippen molar-refractivity contribution in [2.75, 3.05) is 31.1 Å². The lowest BCUT2D eigenvalue weighted by Gasteiger charge is -2.35. The first-order valence-corrected chi connectivity index (χ1v) is 9.78. The van der Waals surface area contributed by atoms with Crippen molar-refractivity contribution in [3.8, 4) is 11.3 Å². The highest BCUT2D eigenvalue weighted by atomic mass is 16.2. The maximum Gasteiger partial charge on any atom is 0.273 e. The average Bonchev–Trinajstić information content (AvgIpc) is 3.19. The van der Waals surface area contributed by atoms with Gasteiger partial charge in [0.1, 0.15) is 17.0 Å². The summed E-state index contributed by atoms with van der Waals surface area (Å²) in [6.45, 7) is 2.91. The molecule has 5 rings (SSSR count). The fourth-order valence-electron chi connectivity index (χ4n) is 3.86. The van der Waals surface area contributed by atoms with Crippen molar-refractivity contribution in [2.24, 2.45) is 0 Å². The zero-order chi connectivity index (χ0) is 19.6. The summed E-state index contributed by atoms with van der Waals surface area (Å²) in [5.41, 5.74) is 4.19. The summed E-state index contributed by atoms with van der Waals surface area (Å²) < 4.78 is 1.90. The maximum absolute atomic E-state index is 13.5. The maximum atomic E-state index is 13.5. The number of carbonyl (C=O) groups is 1. The highest BCUT2D eigenvalue weighted by molar-refractivity contribution is 5.99. The van der Waals surface area contributed by atoms with Crippen LogP contribution in [0.1, 0.15) is 10.5 Å². The van der Waals surface area contributed by atoms with Crippen LogP contribution in [0, 0.1) is 0 Å². The monoisotopic (exact) mass is 383 g/mol. The minimum absolute atomic E-state index is 0.0217. The van der Waals surface area contributed by atoms with E-state index in [0.717, 1.165) is 35.7 Å². The van der Waals surface area contributed by atoms with Crippen LogP contribution in [0.4, 0.5) is 5.69 Å². The zero-order valence-electron chi connectivity index (χ0n) is 16.0. The van der Waals surface area contributed by atoms with E-state index in [2.05, 4.69) is 16.0 Å². The Balaban J connectivity index is 1.46. The third-order valence-corrected chi connectivity index (χ3v) is 5.36. The van der Waals surface area contributed by atoms with Gasteiger partial charge in [0.15, 0.2) is 0 Å². The number of piperazine rings is 1. The third kappa shape index (κ3) is 3.23. The summed E-state index contributed by atoms with van der Waals surface area (Å²) in [4.78, 5) is 26.7. The molecule has 0 saturated carbocycles. The van der Waals surface area contributed by atoms with Crippen molar-refractivity contribution in [1.82, 2.24) is 19.3 Å². The second kappa shape index (κ2) is 7.39. The minimum Gasteiger partial charge on any atom is -0.367 e. The summed E-state index contributed by atoms with van der Waals surface area (Å²) in [5, 5.41) is 0. The van der Waals surface area contributed by atoms with Crippen LogP contribution >= 0.6 is 0 Å². The summed E-state index contributed by atoms with van der Waals surface area (Å²) in [6.07, 6.45) is 5.56. The Morgan fingerprint density at radius 3 is 2.41 bits per heavy atom. The van der Waals surface area contributed by atoms with Crippen molar-refractivity contribution < 1.29 is 4.79 Å². The molecular formula is C23H21N5O. The van der Waals surface area contributed by atoms with Gasteiger partial charge in [-0.25, -0.2) is 4.98 Å². The number of nitrogens with zero attached hydrogens (tertiary/aromatic N) is 5. The number of pyridine rings is 2. The fourth-order valence-corrected chi connectivity index (χ4v) is 3.86. The van der Waals surface area contributed by atoms with E-state index in [9.17, 15) is 4.79 Å². The summed E-state index contributed by atoms with van der Waals surface area (Å²) in [6, 6.07) is 19.7. The highest BCUT2D eigenvalue weighted by Crippen LogP contribution is 2.26. The number of benzene rings is 1. The molecule has 4 heterocycles. The zero-order valence-corrected chi connectivity index (χ0v) is 16.0. The van der Waals surface area contributed by atoms with Gasteiger partial charge < -0.3 is 9.80 Å². The van der Waals surface area contributed by atoms with Crippen LogP contribution < -0.4 is 4.90 Å². The molecule has 0 radical (unpaired) electrons. The Bertz CT molecular complexity index is 1130. The molecule has 0 spiro atoms. The number of hydrogen-bond acceptors (Lipinski definition) is 4. The molecule has 1 fully saturated rings. The fraction of sp³-hybridized carbons (Fsp3) is 0.174. The Kier molecular flexibility index (Phi) is 4.44. The standard InChI is InChI=1S/C23H21N5O/c29-23(27-15-13-26(14-16-27)19-9-6-11-24-17-19)22-21(18-7-2-1-3-8-18)25-20-10-4-5-12-28(20)22/h1-12,17H,13-16H2. The summed E-state index contributed by atoms with van der Waals surface area (Å²) >= 11 is 0. The Labute approximate surface area is 169 Å². The molecule has 29 heavy (non-hydrogen) atoms. The lowest BCUT2D eigenvalue weighted by molar-refractivity contribution is 0.0740. The molecule has 0 bridgehead atoms. The van der Waals surface area contributed by atoms with Crippen molar-refractivity contribution in [3.63, 3.8) is 0 Å². The van der Waals surface area contributed by atoms with Gasteiger partial charge in [-0.3, -0.25) is 14.2 Å². The van der Waals surface area contributed by atoms with Gasteiger partial charge in [-0.15, -0.1) is 0 Å². The lowest BCUT2D eigenvalue weighted by Crippen LogP contribution is -2.49. The topological polar surface area (TPSA) is 53.7 Å². The molecule has 144 valence electrons. The van der Waals surface area contributed by atoms with Gasteiger partial charge >= 0.3 is 0 Å². The van der Waals surface area contributed by atoms with Gasteiger partial charge in [-0.2, -0.15) is 0 Å². The lowest BCUT2D eigenvalue weighted by atomic mass is 10.1. The first kappa shape index (κ1) is 17.4. The van der Waals surface area contributed by atoms with Crippen LogP contribution in [-0.4, -0.2) is 51.4 Å². The quantitative estimate of drug-likeness (QED) is 0.544. The Morgan fingerprint density at radius 1 is 0.862 bits per heavy atom. The van der Waals surface area contributed by atoms with Gasteiger partial charge in [0.2, 0.25) is 0 Å². The molecule has 0 unspecified atom stereocenters. The van der Waals surface area contributed by atoms with E-state index in [4.69, 9.17) is 4.98 Å². The van der Waals surface area contributed by atoms with E-state index in [-0.39, 0.29) is 5.91 Å². The van der Waals surface area contributed by atoms with Crippen molar-refractivity contribution in [2.45, 2.75) is 0 Å². The smallest absolute Gasteiger partial charge is 0.273 e. The van der Waals surface area contributed by atoms with Crippen LogP contribution in [0.25, 0.3) is 16.9 Å². The number of imidazole rings is 1. The van der Waals surface area contributed by atoms with Gasteiger partial charge in [-0.05, 0) is 24.3 Å². The first-order valence-electron chi connectivity index (χ1n) is 9.78. The van der Waals surface area contributed by atoms with E-state index >= 15 is 0 Å². The second-order valence-electron chi connectivity index (χ2n) is 7.09. The SMILES string of the molecule is O=C(c1c(-c2ccccc2)nc2ccccn12)N1CCN(c2cccnc2)CC1. The Morgan fingerprint density at radius 2 is 1.66 bits per heavy atom. The summed E-state index contributed by atoms with van der Waals surface area (Å²) in [7, 11) is 0. The van der Waals surface area contributed by atoms with E-state index in [1.807, 2.05) is 76.3 Å². The molecule has 1 amide bonds. The first-order chi connectivity index (χ1) is 14.3. The molecule has 6 nitrogen and oxygen atoms in total. The van der Waals surface area contributed by atoms with Crippen LogP contribution in [0.15, 0.2) is 79.3 Å². The van der Waals surface area contributed by atoms with Crippen molar-refractivity contribution in [3.05, 3.63) is 84.9 Å². The van der Waals surface area contributed by atoms with E-state index < -0.39 is 0 Å². The molecule has 1 aliphatic rings. The summed E-state index contributed by atoms with van der Waals surface area (Å²) in [5.74, 6) is 0.0217. The van der Waals surface area contributed by atoms with E-state index in [1.54, 1.807) is 6.20 Å². The molecule has 0 aliphatic carbocycles. The average molecular weight is 383 g/mol. The van der Waals surface area contributed by atoms with Crippen molar-refractivity contribution in [1.29, 1.82) is 0 Å². The number of anilines is 1. The number of aromatic nitrogens is 3. The van der Waals surface area contributed by atoms with Crippen LogP contribution in [0.2, 0.25) is 0 Å². The number of hydrogen-bond donors (Lipinski definition) is 0. The molecule has 1 aromatic carbocycles. The van der Waals surface area contributed by atoms with Gasteiger partial charge in [-0.1, -0.05) is 36.4 Å². The predicted molar refractivity (Wildman–Crippen MR) is 113 cm³/mol. The largest absolute Gasteiger partial charge is 0.367 e. The van der Waals surface area contributed by atoms with E-state index in [0.29, 0.717) is 18.8 Å². The predicted octanol–water partition coefficient (Wildman–Crippen LogP) is 3.36. The van der Waals surface area contributed by atoms with Gasteiger partial charge in [0.05, 0.1) is 11.9 Å². The van der Waals surface area contributed by atoms with Crippen LogP contribution in [-0.2, 0) is 0 Å². The molecule has 1 aliphatic heterocycles. The molecule has 0 N–H and O–H groups in total. The second-order valence-corrected chi connectivity index (χ2v) is 7.09.